The summed E-state index contributed by atoms with van der Waals surface area (Å²) in [5.41, 5.74) is 8.87. The van der Waals surface area contributed by atoms with Crippen LogP contribution in [-0.4, -0.2) is 0 Å². The van der Waals surface area contributed by atoms with Gasteiger partial charge in [0.05, 0.1) is 0 Å². The van der Waals surface area contributed by atoms with E-state index in [1.807, 2.05) is 24.3 Å². The number of rotatable bonds is 3. The highest BCUT2D eigenvalue weighted by molar-refractivity contribution is 5.37. The highest BCUT2D eigenvalue weighted by Crippen LogP contribution is 2.37. The van der Waals surface area contributed by atoms with E-state index in [1.165, 1.54) is 17.7 Å². The molecule has 2 atom stereocenters. The summed E-state index contributed by atoms with van der Waals surface area (Å²) < 4.78 is 26.5. The summed E-state index contributed by atoms with van der Waals surface area (Å²) in [7, 11) is 0. The number of nitrogens with one attached hydrogen (secondary N) is 1. The van der Waals surface area contributed by atoms with Crippen molar-refractivity contribution in [2.75, 3.05) is 0 Å². The third-order valence-electron chi connectivity index (χ3n) is 3.81. The molecule has 0 radical (unpaired) electrons. The predicted octanol–water partition coefficient (Wildman–Crippen LogP) is 3.20. The van der Waals surface area contributed by atoms with E-state index >= 15 is 0 Å². The van der Waals surface area contributed by atoms with Crippen LogP contribution in [0, 0.1) is 11.6 Å². The fraction of sp³-hybridized carbons (Fsp3) is 0.250. The number of halogens is 2. The average Bonchev–Trinajstić information content (AvgIpc) is 2.75. The zero-order valence-electron chi connectivity index (χ0n) is 10.9. The van der Waals surface area contributed by atoms with E-state index in [1.54, 1.807) is 0 Å². The lowest BCUT2D eigenvalue weighted by Crippen LogP contribution is -2.20. The molecule has 0 bridgehead atoms. The van der Waals surface area contributed by atoms with Gasteiger partial charge in [-0.2, -0.15) is 0 Å². The van der Waals surface area contributed by atoms with Crippen LogP contribution in [0.25, 0.3) is 0 Å². The molecule has 20 heavy (non-hydrogen) atoms. The second kappa shape index (κ2) is 5.31. The molecule has 2 nitrogen and oxygen atoms in total. The van der Waals surface area contributed by atoms with Crippen LogP contribution >= 0.6 is 0 Å². The third-order valence-corrected chi connectivity index (χ3v) is 3.81. The molecule has 0 aromatic heterocycles. The van der Waals surface area contributed by atoms with Gasteiger partial charge < -0.3 is 11.1 Å². The summed E-state index contributed by atoms with van der Waals surface area (Å²) in [6.45, 7) is 0.359. The van der Waals surface area contributed by atoms with Crippen molar-refractivity contribution in [1.82, 2.24) is 5.32 Å². The largest absolute Gasteiger partial charge is 0.324 e. The smallest absolute Gasteiger partial charge is 0.130 e. The molecule has 0 aliphatic heterocycles. The quantitative estimate of drug-likeness (QED) is 0.902. The molecule has 2 aromatic rings. The normalized spacial score (nSPS) is 20.9. The van der Waals surface area contributed by atoms with Gasteiger partial charge in [0.25, 0.3) is 0 Å². The zero-order valence-corrected chi connectivity index (χ0v) is 10.9. The molecule has 1 aliphatic carbocycles. The Kier molecular flexibility index (Phi) is 3.51. The van der Waals surface area contributed by atoms with Gasteiger partial charge >= 0.3 is 0 Å². The van der Waals surface area contributed by atoms with E-state index in [4.69, 9.17) is 5.73 Å². The molecule has 0 heterocycles. The maximum atomic E-state index is 13.6. The van der Waals surface area contributed by atoms with Crippen molar-refractivity contribution in [2.45, 2.75) is 25.0 Å². The van der Waals surface area contributed by atoms with Crippen molar-refractivity contribution < 1.29 is 8.78 Å². The SMILES string of the molecule is NC1CC(NCc2ccc(F)cc2F)c2ccccc21. The lowest BCUT2D eigenvalue weighted by molar-refractivity contribution is 0.486. The molecule has 0 spiro atoms. The van der Waals surface area contributed by atoms with Gasteiger partial charge in [0.1, 0.15) is 11.6 Å². The molecule has 2 unspecified atom stereocenters. The van der Waals surface area contributed by atoms with Crippen LogP contribution in [0.4, 0.5) is 8.78 Å². The van der Waals surface area contributed by atoms with E-state index in [0.717, 1.165) is 18.1 Å². The Balaban J connectivity index is 1.74. The standard InChI is InChI=1S/C16H16F2N2/c17-11-6-5-10(14(18)7-11)9-20-16-8-15(19)12-3-1-2-4-13(12)16/h1-7,15-16,20H,8-9,19H2. The summed E-state index contributed by atoms with van der Waals surface area (Å²) in [4.78, 5) is 0. The van der Waals surface area contributed by atoms with Gasteiger partial charge in [-0.25, -0.2) is 8.78 Å². The van der Waals surface area contributed by atoms with Crippen molar-refractivity contribution >= 4 is 0 Å². The van der Waals surface area contributed by atoms with E-state index in [-0.39, 0.29) is 12.1 Å². The fourth-order valence-corrected chi connectivity index (χ4v) is 2.77. The van der Waals surface area contributed by atoms with Crippen LogP contribution in [0.2, 0.25) is 0 Å². The van der Waals surface area contributed by atoms with Gasteiger partial charge in [-0.05, 0) is 23.6 Å². The Morgan fingerprint density at radius 2 is 1.85 bits per heavy atom. The molecule has 3 rings (SSSR count). The Hall–Kier alpha value is -1.78. The molecule has 0 fully saturated rings. The van der Waals surface area contributed by atoms with Crippen molar-refractivity contribution in [3.8, 4) is 0 Å². The first kappa shape index (κ1) is 13.2. The second-order valence-electron chi connectivity index (χ2n) is 5.14. The number of nitrogens with two attached hydrogens (primary N) is 1. The Morgan fingerprint density at radius 3 is 2.60 bits per heavy atom. The van der Waals surface area contributed by atoms with Gasteiger partial charge in [0.15, 0.2) is 0 Å². The third kappa shape index (κ3) is 2.44. The van der Waals surface area contributed by atoms with Crippen LogP contribution < -0.4 is 11.1 Å². The predicted molar refractivity (Wildman–Crippen MR) is 73.9 cm³/mol. The Morgan fingerprint density at radius 1 is 1.10 bits per heavy atom. The average molecular weight is 274 g/mol. The minimum atomic E-state index is -0.556. The molecule has 2 aromatic carbocycles. The molecule has 3 N–H and O–H groups in total. The molecule has 0 saturated heterocycles. The first-order valence-electron chi connectivity index (χ1n) is 6.67. The van der Waals surface area contributed by atoms with Crippen LogP contribution in [0.15, 0.2) is 42.5 Å². The lowest BCUT2D eigenvalue weighted by atomic mass is 10.1. The number of hydrogen-bond donors (Lipinski definition) is 2. The molecule has 1 aliphatic rings. The molecular formula is C16H16F2N2. The van der Waals surface area contributed by atoms with Gasteiger partial charge in [-0.15, -0.1) is 0 Å². The van der Waals surface area contributed by atoms with E-state index < -0.39 is 11.6 Å². The Bertz CT molecular complexity index is 628. The van der Waals surface area contributed by atoms with Crippen LogP contribution in [0.5, 0.6) is 0 Å². The van der Waals surface area contributed by atoms with Crippen molar-refractivity contribution in [2.24, 2.45) is 5.73 Å². The highest BCUT2D eigenvalue weighted by Gasteiger charge is 2.27. The summed E-state index contributed by atoms with van der Waals surface area (Å²) in [6.07, 6.45) is 0.794. The van der Waals surface area contributed by atoms with Gasteiger partial charge in [0.2, 0.25) is 0 Å². The topological polar surface area (TPSA) is 38.0 Å². The van der Waals surface area contributed by atoms with Crippen molar-refractivity contribution in [1.29, 1.82) is 0 Å². The zero-order chi connectivity index (χ0) is 14.1. The Labute approximate surface area is 116 Å². The summed E-state index contributed by atoms with van der Waals surface area (Å²) in [5, 5.41) is 3.30. The van der Waals surface area contributed by atoms with Gasteiger partial charge in [0, 0.05) is 30.3 Å². The van der Waals surface area contributed by atoms with Crippen molar-refractivity contribution in [3.63, 3.8) is 0 Å². The van der Waals surface area contributed by atoms with Crippen LogP contribution in [0.1, 0.15) is 35.2 Å². The van der Waals surface area contributed by atoms with E-state index in [0.29, 0.717) is 12.1 Å². The first-order valence-corrected chi connectivity index (χ1v) is 6.67. The van der Waals surface area contributed by atoms with Gasteiger partial charge in [-0.1, -0.05) is 30.3 Å². The molecule has 0 saturated carbocycles. The number of hydrogen-bond acceptors (Lipinski definition) is 2. The first-order chi connectivity index (χ1) is 9.65. The number of fused-ring (bicyclic) bond motifs is 1. The fourth-order valence-electron chi connectivity index (χ4n) is 2.77. The monoisotopic (exact) mass is 274 g/mol. The van der Waals surface area contributed by atoms with Crippen LogP contribution in [0.3, 0.4) is 0 Å². The van der Waals surface area contributed by atoms with E-state index in [9.17, 15) is 8.78 Å². The van der Waals surface area contributed by atoms with E-state index in [2.05, 4.69) is 5.32 Å². The van der Waals surface area contributed by atoms with Gasteiger partial charge in [-0.3, -0.25) is 0 Å². The minimum absolute atomic E-state index is 0.0155. The highest BCUT2D eigenvalue weighted by atomic mass is 19.1. The molecule has 104 valence electrons. The maximum Gasteiger partial charge on any atom is 0.130 e. The van der Waals surface area contributed by atoms with Crippen molar-refractivity contribution in [3.05, 3.63) is 70.8 Å². The summed E-state index contributed by atoms with van der Waals surface area (Å²) in [6, 6.07) is 11.8. The second-order valence-corrected chi connectivity index (χ2v) is 5.14. The lowest BCUT2D eigenvalue weighted by Gasteiger charge is -2.14. The minimum Gasteiger partial charge on any atom is -0.324 e. The molecule has 4 heteroatoms. The maximum absolute atomic E-state index is 13.6. The summed E-state index contributed by atoms with van der Waals surface area (Å²) in [5.74, 6) is -1.08. The van der Waals surface area contributed by atoms with Crippen LogP contribution in [-0.2, 0) is 6.54 Å². The molecular weight excluding hydrogens is 258 g/mol. The summed E-state index contributed by atoms with van der Waals surface area (Å²) >= 11 is 0. The molecule has 0 amide bonds. The number of benzene rings is 2.